The van der Waals surface area contributed by atoms with E-state index in [0.717, 1.165) is 25.9 Å². The summed E-state index contributed by atoms with van der Waals surface area (Å²) < 4.78 is 10.3. The molecule has 3 nitrogen and oxygen atoms in total. The minimum Gasteiger partial charge on any atom is -0.466 e. The first kappa shape index (κ1) is 10.5. The third-order valence-corrected chi connectivity index (χ3v) is 2.24. The van der Waals surface area contributed by atoms with E-state index in [9.17, 15) is 4.79 Å². The molecule has 0 saturated carbocycles. The molecular weight excluding hydrogens is 168 g/mol. The highest BCUT2D eigenvalue weighted by Crippen LogP contribution is 2.17. The Morgan fingerprint density at radius 3 is 3.08 bits per heavy atom. The third kappa shape index (κ3) is 4.27. The highest BCUT2D eigenvalue weighted by atomic mass is 16.5. The number of ether oxygens (including phenoxy) is 2. The SMILES string of the molecule is CCOC(=O)CCCC1CCCO1. The average molecular weight is 186 g/mol. The Bertz CT molecular complexity index is 150. The minimum absolute atomic E-state index is 0.0829. The van der Waals surface area contributed by atoms with Gasteiger partial charge in [0.2, 0.25) is 0 Å². The van der Waals surface area contributed by atoms with Crippen molar-refractivity contribution < 1.29 is 14.3 Å². The van der Waals surface area contributed by atoms with Crippen LogP contribution in [0.5, 0.6) is 0 Å². The number of hydrogen-bond donors (Lipinski definition) is 0. The first-order valence-corrected chi connectivity index (χ1v) is 5.10. The third-order valence-electron chi connectivity index (χ3n) is 2.24. The van der Waals surface area contributed by atoms with Gasteiger partial charge in [-0.05, 0) is 32.6 Å². The van der Waals surface area contributed by atoms with Crippen LogP contribution in [-0.4, -0.2) is 25.3 Å². The molecule has 1 atom stereocenters. The van der Waals surface area contributed by atoms with Crippen LogP contribution in [0.1, 0.15) is 39.0 Å². The fraction of sp³-hybridized carbons (Fsp3) is 0.900. The number of esters is 1. The molecule has 0 aromatic rings. The van der Waals surface area contributed by atoms with Crippen molar-refractivity contribution >= 4 is 5.97 Å². The molecule has 0 bridgehead atoms. The molecule has 1 rings (SSSR count). The number of carbonyl (C=O) groups excluding carboxylic acids is 1. The predicted octanol–water partition coefficient (Wildman–Crippen LogP) is 1.90. The maximum atomic E-state index is 11.0. The van der Waals surface area contributed by atoms with Crippen molar-refractivity contribution in [2.75, 3.05) is 13.2 Å². The fourth-order valence-electron chi connectivity index (χ4n) is 1.58. The summed E-state index contributed by atoms with van der Waals surface area (Å²) in [5.74, 6) is -0.0829. The quantitative estimate of drug-likeness (QED) is 0.615. The first-order valence-electron chi connectivity index (χ1n) is 5.10. The maximum absolute atomic E-state index is 11.0. The molecule has 0 aromatic carbocycles. The molecule has 1 fully saturated rings. The summed E-state index contributed by atoms with van der Waals surface area (Å²) in [6.07, 6.45) is 5.15. The van der Waals surface area contributed by atoms with Crippen molar-refractivity contribution in [2.45, 2.75) is 45.1 Å². The summed E-state index contributed by atoms with van der Waals surface area (Å²) in [6, 6.07) is 0. The highest BCUT2D eigenvalue weighted by molar-refractivity contribution is 5.69. The van der Waals surface area contributed by atoms with Crippen LogP contribution in [0.25, 0.3) is 0 Å². The van der Waals surface area contributed by atoms with E-state index < -0.39 is 0 Å². The van der Waals surface area contributed by atoms with Crippen molar-refractivity contribution in [1.82, 2.24) is 0 Å². The molecule has 13 heavy (non-hydrogen) atoms. The van der Waals surface area contributed by atoms with Crippen LogP contribution in [0, 0.1) is 0 Å². The van der Waals surface area contributed by atoms with Crippen LogP contribution in [0.2, 0.25) is 0 Å². The van der Waals surface area contributed by atoms with Crippen LogP contribution >= 0.6 is 0 Å². The van der Waals surface area contributed by atoms with E-state index in [1.165, 1.54) is 6.42 Å². The van der Waals surface area contributed by atoms with Gasteiger partial charge in [0.1, 0.15) is 0 Å². The molecule has 76 valence electrons. The van der Waals surface area contributed by atoms with Gasteiger partial charge in [-0.15, -0.1) is 0 Å². The van der Waals surface area contributed by atoms with Gasteiger partial charge in [0.15, 0.2) is 0 Å². The summed E-state index contributed by atoms with van der Waals surface area (Å²) in [4.78, 5) is 11.0. The van der Waals surface area contributed by atoms with Gasteiger partial charge in [0, 0.05) is 13.0 Å². The second-order valence-electron chi connectivity index (χ2n) is 3.33. The summed E-state index contributed by atoms with van der Waals surface area (Å²) in [6.45, 7) is 3.21. The molecule has 1 aliphatic rings. The van der Waals surface area contributed by atoms with Gasteiger partial charge in [-0.25, -0.2) is 0 Å². The van der Waals surface area contributed by atoms with E-state index in [1.807, 2.05) is 6.92 Å². The summed E-state index contributed by atoms with van der Waals surface area (Å²) >= 11 is 0. The molecule has 0 radical (unpaired) electrons. The van der Waals surface area contributed by atoms with Gasteiger partial charge in [-0.1, -0.05) is 0 Å². The second kappa shape index (κ2) is 5.97. The molecule has 0 aromatic heterocycles. The molecule has 1 aliphatic heterocycles. The zero-order valence-corrected chi connectivity index (χ0v) is 8.25. The molecule has 0 spiro atoms. The summed E-state index contributed by atoms with van der Waals surface area (Å²) in [7, 11) is 0. The second-order valence-corrected chi connectivity index (χ2v) is 3.33. The molecular formula is C10H18O3. The van der Waals surface area contributed by atoms with Crippen molar-refractivity contribution in [2.24, 2.45) is 0 Å². The number of rotatable bonds is 5. The highest BCUT2D eigenvalue weighted by Gasteiger charge is 2.15. The van der Waals surface area contributed by atoms with Crippen molar-refractivity contribution in [3.8, 4) is 0 Å². The molecule has 0 aliphatic carbocycles. The summed E-state index contributed by atoms with van der Waals surface area (Å²) in [5, 5.41) is 0. The Morgan fingerprint density at radius 2 is 2.46 bits per heavy atom. The molecule has 1 saturated heterocycles. The van der Waals surface area contributed by atoms with Gasteiger partial charge in [-0.3, -0.25) is 4.79 Å². The van der Waals surface area contributed by atoms with Crippen molar-refractivity contribution in [3.63, 3.8) is 0 Å². The Hall–Kier alpha value is -0.570. The smallest absolute Gasteiger partial charge is 0.305 e. The lowest BCUT2D eigenvalue weighted by Gasteiger charge is -2.07. The standard InChI is InChI=1S/C10H18O3/c1-2-12-10(11)7-3-5-9-6-4-8-13-9/h9H,2-8H2,1H3. The minimum atomic E-state index is -0.0829. The van der Waals surface area contributed by atoms with Crippen LogP contribution in [0.15, 0.2) is 0 Å². The van der Waals surface area contributed by atoms with Gasteiger partial charge in [0.05, 0.1) is 12.7 Å². The fourth-order valence-corrected chi connectivity index (χ4v) is 1.58. The zero-order chi connectivity index (χ0) is 9.52. The Labute approximate surface area is 79.4 Å². The van der Waals surface area contributed by atoms with Crippen LogP contribution in [-0.2, 0) is 14.3 Å². The van der Waals surface area contributed by atoms with Crippen LogP contribution in [0.3, 0.4) is 0 Å². The normalized spacial score (nSPS) is 21.8. The number of carbonyl (C=O) groups is 1. The Morgan fingerprint density at radius 1 is 1.62 bits per heavy atom. The predicted molar refractivity (Wildman–Crippen MR) is 49.5 cm³/mol. The Kier molecular flexibility index (Phi) is 4.83. The molecule has 0 N–H and O–H groups in total. The lowest BCUT2D eigenvalue weighted by Crippen LogP contribution is -2.08. The largest absolute Gasteiger partial charge is 0.466 e. The van der Waals surface area contributed by atoms with Crippen LogP contribution in [0.4, 0.5) is 0 Å². The van der Waals surface area contributed by atoms with Crippen molar-refractivity contribution in [1.29, 1.82) is 0 Å². The maximum Gasteiger partial charge on any atom is 0.305 e. The van der Waals surface area contributed by atoms with E-state index >= 15 is 0 Å². The van der Waals surface area contributed by atoms with E-state index in [4.69, 9.17) is 9.47 Å². The van der Waals surface area contributed by atoms with E-state index in [0.29, 0.717) is 19.1 Å². The van der Waals surface area contributed by atoms with Crippen molar-refractivity contribution in [3.05, 3.63) is 0 Å². The number of hydrogen-bond acceptors (Lipinski definition) is 3. The van der Waals surface area contributed by atoms with E-state index in [-0.39, 0.29) is 5.97 Å². The van der Waals surface area contributed by atoms with Gasteiger partial charge in [0.25, 0.3) is 0 Å². The van der Waals surface area contributed by atoms with E-state index in [2.05, 4.69) is 0 Å². The lowest BCUT2D eigenvalue weighted by atomic mass is 10.1. The van der Waals surface area contributed by atoms with E-state index in [1.54, 1.807) is 0 Å². The van der Waals surface area contributed by atoms with Gasteiger partial charge >= 0.3 is 5.97 Å². The molecule has 1 heterocycles. The van der Waals surface area contributed by atoms with Gasteiger partial charge in [-0.2, -0.15) is 0 Å². The monoisotopic (exact) mass is 186 g/mol. The summed E-state index contributed by atoms with van der Waals surface area (Å²) in [5.41, 5.74) is 0. The lowest BCUT2D eigenvalue weighted by molar-refractivity contribution is -0.143. The molecule has 3 heteroatoms. The zero-order valence-electron chi connectivity index (χ0n) is 8.25. The molecule has 0 amide bonds. The first-order chi connectivity index (χ1) is 6.33. The van der Waals surface area contributed by atoms with Crippen LogP contribution < -0.4 is 0 Å². The van der Waals surface area contributed by atoms with Gasteiger partial charge < -0.3 is 9.47 Å². The Balaban J connectivity index is 1.96. The molecule has 1 unspecified atom stereocenters. The topological polar surface area (TPSA) is 35.5 Å². The average Bonchev–Trinajstić information content (AvgIpc) is 2.57.